The van der Waals surface area contributed by atoms with Crippen LogP contribution in [0.1, 0.15) is 36.5 Å². The molecule has 1 saturated heterocycles. The molecule has 1 amide bonds. The summed E-state index contributed by atoms with van der Waals surface area (Å²) in [7, 11) is 0. The molecule has 6 heteroatoms. The van der Waals surface area contributed by atoms with E-state index in [2.05, 4.69) is 46.4 Å². The van der Waals surface area contributed by atoms with E-state index in [1.165, 1.54) is 18.4 Å². The van der Waals surface area contributed by atoms with Crippen molar-refractivity contribution in [3.8, 4) is 17.0 Å². The SMILES string of the molecule is Cc1cc(C)c(OCC(=O)Nc2cccc(-c3ccc(N4CCC(C)CC4)nn3)c2)c(C)c1. The van der Waals surface area contributed by atoms with Gasteiger partial charge < -0.3 is 15.0 Å². The Morgan fingerprint density at radius 3 is 2.42 bits per heavy atom. The smallest absolute Gasteiger partial charge is 0.262 e. The molecule has 0 bridgehead atoms. The van der Waals surface area contributed by atoms with Crippen molar-refractivity contribution < 1.29 is 9.53 Å². The second-order valence-electron chi connectivity index (χ2n) is 9.09. The van der Waals surface area contributed by atoms with Crippen LogP contribution in [0.15, 0.2) is 48.5 Å². The first-order valence-electron chi connectivity index (χ1n) is 11.6. The molecule has 0 unspecified atom stereocenters. The third-order valence-electron chi connectivity index (χ3n) is 6.15. The quantitative estimate of drug-likeness (QED) is 0.557. The number of amides is 1. The lowest BCUT2D eigenvalue weighted by Crippen LogP contribution is -2.33. The van der Waals surface area contributed by atoms with Crippen LogP contribution in [-0.2, 0) is 4.79 Å². The van der Waals surface area contributed by atoms with Gasteiger partial charge in [0.1, 0.15) is 5.75 Å². The molecular formula is C27H32N4O2. The Labute approximate surface area is 196 Å². The molecule has 4 rings (SSSR count). The van der Waals surface area contributed by atoms with E-state index < -0.39 is 0 Å². The summed E-state index contributed by atoms with van der Waals surface area (Å²) < 4.78 is 5.81. The lowest BCUT2D eigenvalue weighted by atomic mass is 9.99. The van der Waals surface area contributed by atoms with E-state index in [0.29, 0.717) is 5.69 Å². The molecule has 2 aromatic carbocycles. The van der Waals surface area contributed by atoms with Crippen LogP contribution in [-0.4, -0.2) is 35.8 Å². The van der Waals surface area contributed by atoms with Gasteiger partial charge in [0.2, 0.25) is 0 Å². The molecule has 1 N–H and O–H groups in total. The molecule has 33 heavy (non-hydrogen) atoms. The van der Waals surface area contributed by atoms with Gasteiger partial charge in [-0.3, -0.25) is 4.79 Å². The van der Waals surface area contributed by atoms with E-state index in [9.17, 15) is 4.79 Å². The molecule has 1 fully saturated rings. The van der Waals surface area contributed by atoms with Crippen molar-refractivity contribution >= 4 is 17.4 Å². The fourth-order valence-corrected chi connectivity index (χ4v) is 4.37. The number of hydrogen-bond acceptors (Lipinski definition) is 5. The van der Waals surface area contributed by atoms with Gasteiger partial charge in [0, 0.05) is 24.3 Å². The van der Waals surface area contributed by atoms with Crippen LogP contribution in [0.25, 0.3) is 11.3 Å². The van der Waals surface area contributed by atoms with Gasteiger partial charge in [-0.2, -0.15) is 0 Å². The van der Waals surface area contributed by atoms with Crippen LogP contribution in [0, 0.1) is 26.7 Å². The van der Waals surface area contributed by atoms with E-state index in [0.717, 1.165) is 53.0 Å². The molecular weight excluding hydrogens is 412 g/mol. The Morgan fingerprint density at radius 2 is 1.76 bits per heavy atom. The van der Waals surface area contributed by atoms with E-state index in [1.54, 1.807) is 0 Å². The van der Waals surface area contributed by atoms with E-state index in [-0.39, 0.29) is 12.5 Å². The molecule has 0 radical (unpaired) electrons. The highest BCUT2D eigenvalue weighted by molar-refractivity contribution is 5.92. The van der Waals surface area contributed by atoms with Crippen molar-refractivity contribution in [3.63, 3.8) is 0 Å². The first-order chi connectivity index (χ1) is 15.9. The number of carbonyl (C=O) groups is 1. The lowest BCUT2D eigenvalue weighted by molar-refractivity contribution is -0.118. The molecule has 1 aliphatic rings. The number of benzene rings is 2. The lowest BCUT2D eigenvalue weighted by Gasteiger charge is -2.30. The molecule has 1 aromatic heterocycles. The van der Waals surface area contributed by atoms with Crippen molar-refractivity contribution in [2.75, 3.05) is 29.9 Å². The van der Waals surface area contributed by atoms with Crippen LogP contribution >= 0.6 is 0 Å². The Bertz CT molecular complexity index is 1100. The van der Waals surface area contributed by atoms with Gasteiger partial charge in [-0.1, -0.05) is 36.8 Å². The van der Waals surface area contributed by atoms with Crippen molar-refractivity contribution in [1.29, 1.82) is 0 Å². The van der Waals surface area contributed by atoms with Gasteiger partial charge in [0.25, 0.3) is 5.91 Å². The number of hydrogen-bond donors (Lipinski definition) is 1. The highest BCUT2D eigenvalue weighted by Gasteiger charge is 2.17. The van der Waals surface area contributed by atoms with Crippen LogP contribution in [0.2, 0.25) is 0 Å². The van der Waals surface area contributed by atoms with Crippen molar-refractivity contribution in [2.45, 2.75) is 40.5 Å². The van der Waals surface area contributed by atoms with Gasteiger partial charge in [0.15, 0.2) is 12.4 Å². The number of piperidine rings is 1. The highest BCUT2D eigenvalue weighted by atomic mass is 16.5. The zero-order valence-corrected chi connectivity index (χ0v) is 19.9. The van der Waals surface area contributed by atoms with E-state index >= 15 is 0 Å². The van der Waals surface area contributed by atoms with Crippen LogP contribution in [0.3, 0.4) is 0 Å². The van der Waals surface area contributed by atoms with Gasteiger partial charge in [-0.25, -0.2) is 0 Å². The largest absolute Gasteiger partial charge is 0.483 e. The number of nitrogens with one attached hydrogen (secondary N) is 1. The average molecular weight is 445 g/mol. The van der Waals surface area contributed by atoms with Crippen molar-refractivity contribution in [2.24, 2.45) is 5.92 Å². The number of nitrogens with zero attached hydrogens (tertiary/aromatic N) is 3. The molecule has 2 heterocycles. The van der Waals surface area contributed by atoms with E-state index in [1.807, 2.05) is 50.2 Å². The molecule has 6 nitrogen and oxygen atoms in total. The molecule has 0 spiro atoms. The first-order valence-corrected chi connectivity index (χ1v) is 11.6. The summed E-state index contributed by atoms with van der Waals surface area (Å²) in [4.78, 5) is 14.8. The van der Waals surface area contributed by atoms with Gasteiger partial charge in [0.05, 0.1) is 5.69 Å². The third-order valence-corrected chi connectivity index (χ3v) is 6.15. The van der Waals surface area contributed by atoms with Gasteiger partial charge in [-0.15, -0.1) is 10.2 Å². The monoisotopic (exact) mass is 444 g/mol. The summed E-state index contributed by atoms with van der Waals surface area (Å²) in [5.41, 5.74) is 5.63. The van der Waals surface area contributed by atoms with Gasteiger partial charge in [-0.05, 0) is 74.9 Å². The molecule has 0 aliphatic carbocycles. The standard InChI is InChI=1S/C27H32N4O2/c1-18-10-12-31(13-11-18)25-9-8-24(29-30-25)22-6-5-7-23(16-22)28-26(32)17-33-27-20(3)14-19(2)15-21(27)4/h5-9,14-16,18H,10-13,17H2,1-4H3,(H,28,32). The van der Waals surface area contributed by atoms with Gasteiger partial charge >= 0.3 is 0 Å². The summed E-state index contributed by atoms with van der Waals surface area (Å²) in [6.45, 7) is 10.4. The number of rotatable bonds is 6. The molecule has 1 aliphatic heterocycles. The summed E-state index contributed by atoms with van der Waals surface area (Å²) >= 11 is 0. The summed E-state index contributed by atoms with van der Waals surface area (Å²) in [6, 6.07) is 15.8. The molecule has 3 aromatic rings. The first kappa shape index (κ1) is 22.8. The van der Waals surface area contributed by atoms with Crippen LogP contribution < -0.4 is 15.0 Å². The maximum Gasteiger partial charge on any atom is 0.262 e. The second kappa shape index (κ2) is 10.0. The average Bonchev–Trinajstić information content (AvgIpc) is 2.79. The molecule has 0 atom stereocenters. The minimum absolute atomic E-state index is 0.0437. The summed E-state index contributed by atoms with van der Waals surface area (Å²) in [5.74, 6) is 2.27. The minimum atomic E-state index is -0.202. The van der Waals surface area contributed by atoms with Crippen molar-refractivity contribution in [3.05, 3.63) is 65.2 Å². The van der Waals surface area contributed by atoms with E-state index in [4.69, 9.17) is 4.74 Å². The summed E-state index contributed by atoms with van der Waals surface area (Å²) in [6.07, 6.45) is 2.38. The maximum atomic E-state index is 12.5. The number of ether oxygens (including phenoxy) is 1. The Morgan fingerprint density at radius 1 is 1.03 bits per heavy atom. The topological polar surface area (TPSA) is 67.3 Å². The Hall–Kier alpha value is -3.41. The number of aromatic nitrogens is 2. The Kier molecular flexibility index (Phi) is 6.92. The number of anilines is 2. The highest BCUT2D eigenvalue weighted by Crippen LogP contribution is 2.26. The normalized spacial score (nSPS) is 14.2. The third kappa shape index (κ3) is 5.69. The number of carbonyl (C=O) groups excluding carboxylic acids is 1. The predicted molar refractivity (Wildman–Crippen MR) is 133 cm³/mol. The fourth-order valence-electron chi connectivity index (χ4n) is 4.37. The van der Waals surface area contributed by atoms with Crippen LogP contribution in [0.5, 0.6) is 5.75 Å². The van der Waals surface area contributed by atoms with Crippen LogP contribution in [0.4, 0.5) is 11.5 Å². The number of aryl methyl sites for hydroxylation is 3. The Balaban J connectivity index is 1.38. The van der Waals surface area contributed by atoms with Crippen molar-refractivity contribution in [1.82, 2.24) is 10.2 Å². The fraction of sp³-hybridized carbons (Fsp3) is 0.370. The minimum Gasteiger partial charge on any atom is -0.483 e. The molecule has 172 valence electrons. The summed E-state index contributed by atoms with van der Waals surface area (Å²) in [5, 5.41) is 11.8. The maximum absolute atomic E-state index is 12.5. The molecule has 0 saturated carbocycles. The zero-order chi connectivity index (χ0) is 23.4. The zero-order valence-electron chi connectivity index (χ0n) is 19.9. The second-order valence-corrected chi connectivity index (χ2v) is 9.09. The predicted octanol–water partition coefficient (Wildman–Crippen LogP) is 5.32.